The van der Waals surface area contributed by atoms with Gasteiger partial charge in [-0.1, -0.05) is 0 Å². The Bertz CT molecular complexity index is 217. The molecule has 0 radical (unpaired) electrons. The van der Waals surface area contributed by atoms with Gasteiger partial charge in [0.05, 0.1) is 0 Å². The molecule has 1 N–H and O–H groups in total. The quantitative estimate of drug-likeness (QED) is 0.534. The Morgan fingerprint density at radius 1 is 1.36 bits per heavy atom. The first-order chi connectivity index (χ1) is 6.81. The molecule has 2 heterocycles. The van der Waals surface area contributed by atoms with Gasteiger partial charge < -0.3 is 10.2 Å². The Hall–Kier alpha value is -0.520. The molecule has 0 amide bonds. The Labute approximate surface area is 87.1 Å². The maximum absolute atomic E-state index is 5.23. The predicted octanol–water partition coefficient (Wildman–Crippen LogP) is 1.22. The first kappa shape index (κ1) is 10.0. The number of terminal acetylenes is 1. The van der Waals surface area contributed by atoms with Crippen molar-refractivity contribution in [2.75, 3.05) is 13.6 Å². The van der Waals surface area contributed by atoms with Crippen LogP contribution < -0.4 is 5.32 Å². The largest absolute Gasteiger partial charge is 0.313 e. The molecule has 0 aromatic rings. The van der Waals surface area contributed by atoms with Crippen molar-refractivity contribution >= 4 is 0 Å². The van der Waals surface area contributed by atoms with Crippen LogP contribution in [0.15, 0.2) is 0 Å². The van der Waals surface area contributed by atoms with Crippen molar-refractivity contribution in [3.8, 4) is 12.3 Å². The van der Waals surface area contributed by atoms with E-state index in [0.717, 1.165) is 31.1 Å². The van der Waals surface area contributed by atoms with Crippen LogP contribution >= 0.6 is 0 Å². The maximum Gasteiger partial charge on any atom is 0.0211 e. The molecule has 2 rings (SSSR count). The summed E-state index contributed by atoms with van der Waals surface area (Å²) in [5, 5.41) is 3.57. The number of hydrogen-bond donors (Lipinski definition) is 1. The minimum absolute atomic E-state index is 0.719. The van der Waals surface area contributed by atoms with E-state index in [0.29, 0.717) is 0 Å². The van der Waals surface area contributed by atoms with E-state index in [4.69, 9.17) is 6.42 Å². The summed E-state index contributed by atoms with van der Waals surface area (Å²) in [7, 11) is 2.28. The van der Waals surface area contributed by atoms with Gasteiger partial charge >= 0.3 is 0 Å². The highest BCUT2D eigenvalue weighted by molar-refractivity contribution is 4.96. The fourth-order valence-electron chi connectivity index (χ4n) is 2.93. The maximum atomic E-state index is 5.23. The lowest BCUT2D eigenvalue weighted by molar-refractivity contribution is 0.149. The molecule has 2 nitrogen and oxygen atoms in total. The normalized spacial score (nSPS) is 37.0. The Balaban J connectivity index is 1.79. The van der Waals surface area contributed by atoms with Crippen LogP contribution in [0.5, 0.6) is 0 Å². The van der Waals surface area contributed by atoms with E-state index in [1.54, 1.807) is 0 Å². The van der Waals surface area contributed by atoms with E-state index in [9.17, 15) is 0 Å². The smallest absolute Gasteiger partial charge is 0.0211 e. The highest BCUT2D eigenvalue weighted by Crippen LogP contribution is 2.33. The van der Waals surface area contributed by atoms with E-state index in [1.165, 1.54) is 25.7 Å². The van der Waals surface area contributed by atoms with Crippen molar-refractivity contribution < 1.29 is 0 Å². The van der Waals surface area contributed by atoms with E-state index < -0.39 is 0 Å². The van der Waals surface area contributed by atoms with Crippen LogP contribution in [0.4, 0.5) is 0 Å². The van der Waals surface area contributed by atoms with Crippen molar-refractivity contribution in [2.45, 2.75) is 50.2 Å². The van der Waals surface area contributed by atoms with E-state index in [-0.39, 0.29) is 0 Å². The van der Waals surface area contributed by atoms with Crippen molar-refractivity contribution in [2.24, 2.45) is 0 Å². The first-order valence-electron chi connectivity index (χ1n) is 5.70. The summed E-state index contributed by atoms with van der Waals surface area (Å²) in [6, 6.07) is 2.38. The summed E-state index contributed by atoms with van der Waals surface area (Å²) in [5.41, 5.74) is 0. The van der Waals surface area contributed by atoms with E-state index in [2.05, 4.69) is 23.2 Å². The van der Waals surface area contributed by atoms with Crippen LogP contribution in [0, 0.1) is 12.3 Å². The lowest BCUT2D eigenvalue weighted by atomic mass is 9.98. The van der Waals surface area contributed by atoms with Gasteiger partial charge in [-0.3, -0.25) is 0 Å². The van der Waals surface area contributed by atoms with Gasteiger partial charge in [0, 0.05) is 31.1 Å². The third-order valence-electron chi connectivity index (χ3n) is 3.80. The average molecular weight is 192 g/mol. The molecule has 2 aliphatic heterocycles. The second-order valence-corrected chi connectivity index (χ2v) is 4.63. The highest BCUT2D eigenvalue weighted by Gasteiger charge is 2.37. The highest BCUT2D eigenvalue weighted by atomic mass is 15.2. The SMILES string of the molecule is C#CCCNC1CC2CCC(C1)N2C. The summed E-state index contributed by atoms with van der Waals surface area (Å²) in [6.07, 6.45) is 11.5. The van der Waals surface area contributed by atoms with Crippen molar-refractivity contribution in [3.05, 3.63) is 0 Å². The summed E-state index contributed by atoms with van der Waals surface area (Å²) >= 11 is 0. The van der Waals surface area contributed by atoms with Gasteiger partial charge in [-0.25, -0.2) is 0 Å². The zero-order valence-corrected chi connectivity index (χ0v) is 9.00. The van der Waals surface area contributed by atoms with Gasteiger partial charge in [-0.15, -0.1) is 12.3 Å². The molecule has 2 aliphatic rings. The lowest BCUT2D eigenvalue weighted by Gasteiger charge is -2.36. The fraction of sp³-hybridized carbons (Fsp3) is 0.833. The van der Waals surface area contributed by atoms with Gasteiger partial charge in [0.1, 0.15) is 0 Å². The first-order valence-corrected chi connectivity index (χ1v) is 5.70. The molecule has 0 aromatic carbocycles. The minimum Gasteiger partial charge on any atom is -0.313 e. The zero-order valence-electron chi connectivity index (χ0n) is 9.00. The molecule has 2 unspecified atom stereocenters. The van der Waals surface area contributed by atoms with Crippen molar-refractivity contribution in [3.63, 3.8) is 0 Å². The molecule has 2 atom stereocenters. The summed E-state index contributed by atoms with van der Waals surface area (Å²) in [5.74, 6) is 2.68. The lowest BCUT2D eigenvalue weighted by Crippen LogP contribution is -2.47. The number of rotatable bonds is 3. The molecule has 14 heavy (non-hydrogen) atoms. The Kier molecular flexibility index (Phi) is 3.10. The number of piperidine rings is 1. The van der Waals surface area contributed by atoms with Gasteiger partial charge in [-0.05, 0) is 32.7 Å². The standard InChI is InChI=1S/C12H20N2/c1-3-4-7-13-10-8-11-5-6-12(9-10)14(11)2/h1,10-13H,4-9H2,2H3. The zero-order chi connectivity index (χ0) is 9.97. The summed E-state index contributed by atoms with van der Waals surface area (Å²) < 4.78 is 0. The van der Waals surface area contributed by atoms with Gasteiger partial charge in [-0.2, -0.15) is 0 Å². The van der Waals surface area contributed by atoms with Crippen LogP contribution in [-0.2, 0) is 0 Å². The second-order valence-electron chi connectivity index (χ2n) is 4.63. The van der Waals surface area contributed by atoms with Crippen LogP contribution in [0.25, 0.3) is 0 Å². The predicted molar refractivity (Wildman–Crippen MR) is 59.0 cm³/mol. The average Bonchev–Trinajstić information content (AvgIpc) is 2.41. The van der Waals surface area contributed by atoms with Gasteiger partial charge in [0.25, 0.3) is 0 Å². The van der Waals surface area contributed by atoms with Crippen LogP contribution in [0.3, 0.4) is 0 Å². The van der Waals surface area contributed by atoms with Crippen molar-refractivity contribution in [1.29, 1.82) is 0 Å². The minimum atomic E-state index is 0.719. The summed E-state index contributed by atoms with van der Waals surface area (Å²) in [6.45, 7) is 0.990. The monoisotopic (exact) mass is 192 g/mol. The molecule has 0 saturated carbocycles. The molecule has 78 valence electrons. The van der Waals surface area contributed by atoms with E-state index in [1.807, 2.05) is 0 Å². The Morgan fingerprint density at radius 2 is 2.00 bits per heavy atom. The molecular weight excluding hydrogens is 172 g/mol. The summed E-state index contributed by atoms with van der Waals surface area (Å²) in [4.78, 5) is 2.57. The van der Waals surface area contributed by atoms with Crippen LogP contribution in [0.1, 0.15) is 32.1 Å². The van der Waals surface area contributed by atoms with Crippen LogP contribution in [0.2, 0.25) is 0 Å². The topological polar surface area (TPSA) is 15.3 Å². The molecule has 2 saturated heterocycles. The van der Waals surface area contributed by atoms with Gasteiger partial charge in [0.2, 0.25) is 0 Å². The molecule has 0 spiro atoms. The molecule has 2 heteroatoms. The molecule has 0 aliphatic carbocycles. The molecule has 2 bridgehead atoms. The third kappa shape index (κ3) is 1.94. The third-order valence-corrected chi connectivity index (χ3v) is 3.80. The Morgan fingerprint density at radius 3 is 2.57 bits per heavy atom. The van der Waals surface area contributed by atoms with Crippen molar-refractivity contribution in [1.82, 2.24) is 10.2 Å². The molecule has 0 aromatic heterocycles. The number of nitrogens with zero attached hydrogens (tertiary/aromatic N) is 1. The molecule has 2 fully saturated rings. The number of nitrogens with one attached hydrogen (secondary N) is 1. The number of hydrogen-bond acceptors (Lipinski definition) is 2. The van der Waals surface area contributed by atoms with Crippen LogP contribution in [-0.4, -0.2) is 36.6 Å². The number of fused-ring (bicyclic) bond motifs is 2. The second kappa shape index (κ2) is 4.33. The molecular formula is C12H20N2. The van der Waals surface area contributed by atoms with Gasteiger partial charge in [0.15, 0.2) is 0 Å². The fourth-order valence-corrected chi connectivity index (χ4v) is 2.93. The van der Waals surface area contributed by atoms with E-state index >= 15 is 0 Å².